The standard InChI is InChI=1S/C21H22F3N5O2/c1-13-12-29(20(30)27-16-5-7-19(31-3)26-10-16)14(2)11-28(13)17-6-4-15(9-25)18(8-17)21(22,23)24/h4-8,10,13-14H,11-12H2,1-3H3,(H,27,30)/t13-,14+/m0/s1. The number of anilines is 2. The molecule has 0 bridgehead atoms. The number of methoxy groups -OCH3 is 1. The molecule has 1 aliphatic rings. The number of nitrogens with zero attached hydrogens (tertiary/aromatic N) is 4. The first kappa shape index (κ1) is 22.2. The van der Waals surface area contributed by atoms with Gasteiger partial charge in [0, 0.05) is 36.9 Å². The molecule has 2 atom stereocenters. The van der Waals surface area contributed by atoms with Crippen molar-refractivity contribution in [3.05, 3.63) is 47.7 Å². The lowest BCUT2D eigenvalue weighted by atomic mass is 10.0. The molecule has 1 fully saturated rings. The van der Waals surface area contributed by atoms with E-state index < -0.39 is 17.3 Å². The molecule has 2 amide bonds. The second-order valence-corrected chi connectivity index (χ2v) is 7.36. The second-order valence-electron chi connectivity index (χ2n) is 7.36. The summed E-state index contributed by atoms with van der Waals surface area (Å²) in [5.41, 5.74) is -0.498. The minimum absolute atomic E-state index is 0.232. The lowest BCUT2D eigenvalue weighted by molar-refractivity contribution is -0.137. The van der Waals surface area contributed by atoms with Gasteiger partial charge in [0.2, 0.25) is 5.88 Å². The maximum atomic E-state index is 13.3. The van der Waals surface area contributed by atoms with E-state index in [-0.39, 0.29) is 18.1 Å². The van der Waals surface area contributed by atoms with Crippen LogP contribution in [0.15, 0.2) is 36.5 Å². The number of aromatic nitrogens is 1. The molecule has 0 saturated carbocycles. The molecular weight excluding hydrogens is 411 g/mol. The molecule has 2 aromatic rings. The van der Waals surface area contributed by atoms with E-state index in [1.165, 1.54) is 25.4 Å². The SMILES string of the molecule is COc1ccc(NC(=O)N2C[C@H](C)N(c3ccc(C#N)c(C(F)(F)F)c3)C[C@H]2C)cn1. The highest BCUT2D eigenvalue weighted by Gasteiger charge is 2.36. The number of alkyl halides is 3. The van der Waals surface area contributed by atoms with Crippen LogP contribution in [0.25, 0.3) is 0 Å². The van der Waals surface area contributed by atoms with Crippen molar-refractivity contribution in [2.24, 2.45) is 0 Å². The van der Waals surface area contributed by atoms with Crippen LogP contribution in [0, 0.1) is 11.3 Å². The molecule has 7 nitrogen and oxygen atoms in total. The molecular formula is C21H22F3N5O2. The number of hydrogen-bond donors (Lipinski definition) is 1. The minimum Gasteiger partial charge on any atom is -0.481 e. The van der Waals surface area contributed by atoms with Crippen LogP contribution in [-0.4, -0.2) is 48.2 Å². The van der Waals surface area contributed by atoms with E-state index in [4.69, 9.17) is 10.00 Å². The fourth-order valence-corrected chi connectivity index (χ4v) is 3.58. The predicted octanol–water partition coefficient (Wildman–Crippen LogP) is 4.11. The first-order valence-electron chi connectivity index (χ1n) is 9.59. The number of hydrogen-bond acceptors (Lipinski definition) is 5. The largest absolute Gasteiger partial charge is 0.481 e. The molecule has 31 heavy (non-hydrogen) atoms. The van der Waals surface area contributed by atoms with Crippen LogP contribution in [0.3, 0.4) is 0 Å². The number of pyridine rings is 1. The quantitative estimate of drug-likeness (QED) is 0.788. The van der Waals surface area contributed by atoms with Crippen LogP contribution in [0.1, 0.15) is 25.0 Å². The third-order valence-corrected chi connectivity index (χ3v) is 5.20. The Hall–Kier alpha value is -3.48. The van der Waals surface area contributed by atoms with Crippen LogP contribution < -0.4 is 15.0 Å². The summed E-state index contributed by atoms with van der Waals surface area (Å²) in [6.07, 6.45) is -3.14. The molecule has 2 heterocycles. The summed E-state index contributed by atoms with van der Waals surface area (Å²) >= 11 is 0. The first-order valence-corrected chi connectivity index (χ1v) is 9.59. The van der Waals surface area contributed by atoms with E-state index >= 15 is 0 Å². The Labute approximate surface area is 178 Å². The van der Waals surface area contributed by atoms with Gasteiger partial charge in [0.15, 0.2) is 0 Å². The van der Waals surface area contributed by atoms with Crippen molar-refractivity contribution in [1.29, 1.82) is 5.26 Å². The van der Waals surface area contributed by atoms with Crippen molar-refractivity contribution in [2.45, 2.75) is 32.1 Å². The van der Waals surface area contributed by atoms with E-state index in [0.717, 1.165) is 6.07 Å². The zero-order chi connectivity index (χ0) is 22.8. The Balaban J connectivity index is 1.75. The van der Waals surface area contributed by atoms with E-state index in [2.05, 4.69) is 10.3 Å². The lowest BCUT2D eigenvalue weighted by Gasteiger charge is -2.45. The molecule has 1 aliphatic heterocycles. The van der Waals surface area contributed by atoms with Gasteiger partial charge >= 0.3 is 12.2 Å². The number of halogens is 3. The molecule has 10 heteroatoms. The smallest absolute Gasteiger partial charge is 0.417 e. The molecule has 0 radical (unpaired) electrons. The molecule has 1 aromatic heterocycles. The van der Waals surface area contributed by atoms with Crippen LogP contribution in [0.4, 0.5) is 29.3 Å². The van der Waals surface area contributed by atoms with Crippen LogP contribution in [0.2, 0.25) is 0 Å². The summed E-state index contributed by atoms with van der Waals surface area (Å²) in [4.78, 5) is 20.2. The van der Waals surface area contributed by atoms with E-state index in [1.807, 2.05) is 18.7 Å². The number of carbonyl (C=O) groups excluding carboxylic acids is 1. The van der Waals surface area contributed by atoms with Crippen molar-refractivity contribution in [1.82, 2.24) is 9.88 Å². The number of ether oxygens (including phenoxy) is 1. The zero-order valence-electron chi connectivity index (χ0n) is 17.3. The fourth-order valence-electron chi connectivity index (χ4n) is 3.58. The highest BCUT2D eigenvalue weighted by Crippen LogP contribution is 2.35. The summed E-state index contributed by atoms with van der Waals surface area (Å²) < 4.78 is 45.0. The Morgan fingerprint density at radius 1 is 1.23 bits per heavy atom. The number of urea groups is 1. The van der Waals surface area contributed by atoms with Crippen molar-refractivity contribution in [3.63, 3.8) is 0 Å². The Morgan fingerprint density at radius 2 is 1.97 bits per heavy atom. The Morgan fingerprint density at radius 3 is 2.55 bits per heavy atom. The number of nitrogens with one attached hydrogen (secondary N) is 1. The maximum absolute atomic E-state index is 13.3. The summed E-state index contributed by atoms with van der Waals surface area (Å²) in [5.74, 6) is 0.425. The summed E-state index contributed by atoms with van der Waals surface area (Å²) in [5, 5.41) is 11.8. The Bertz CT molecular complexity index is 988. The number of carbonyl (C=O) groups is 1. The van der Waals surface area contributed by atoms with Gasteiger partial charge in [0.1, 0.15) is 0 Å². The van der Waals surface area contributed by atoms with Crippen molar-refractivity contribution in [3.8, 4) is 11.9 Å². The number of benzene rings is 1. The molecule has 164 valence electrons. The average molecular weight is 433 g/mol. The number of rotatable bonds is 3. The van der Waals surface area contributed by atoms with Gasteiger partial charge < -0.3 is 19.9 Å². The van der Waals surface area contributed by atoms with Crippen LogP contribution in [0.5, 0.6) is 5.88 Å². The summed E-state index contributed by atoms with van der Waals surface area (Å²) in [6.45, 7) is 4.34. The van der Waals surface area contributed by atoms with Gasteiger partial charge in [-0.25, -0.2) is 9.78 Å². The molecule has 3 rings (SSSR count). The topological polar surface area (TPSA) is 81.5 Å². The third-order valence-electron chi connectivity index (χ3n) is 5.20. The van der Waals surface area contributed by atoms with Crippen LogP contribution in [-0.2, 0) is 6.18 Å². The van der Waals surface area contributed by atoms with Crippen molar-refractivity contribution in [2.75, 3.05) is 30.4 Å². The van der Waals surface area contributed by atoms with Crippen LogP contribution >= 0.6 is 0 Å². The molecule has 1 N–H and O–H groups in total. The number of nitriles is 1. The van der Waals surface area contributed by atoms with E-state index in [9.17, 15) is 18.0 Å². The van der Waals surface area contributed by atoms with Gasteiger partial charge in [-0.3, -0.25) is 0 Å². The second kappa shape index (κ2) is 8.71. The number of piperazine rings is 1. The van der Waals surface area contributed by atoms with Gasteiger partial charge in [0.05, 0.1) is 36.2 Å². The highest BCUT2D eigenvalue weighted by molar-refractivity contribution is 5.89. The van der Waals surface area contributed by atoms with Gasteiger partial charge in [-0.15, -0.1) is 0 Å². The lowest BCUT2D eigenvalue weighted by Crippen LogP contribution is -2.59. The highest BCUT2D eigenvalue weighted by atomic mass is 19.4. The monoisotopic (exact) mass is 433 g/mol. The van der Waals surface area contributed by atoms with E-state index in [0.29, 0.717) is 30.3 Å². The first-order chi connectivity index (χ1) is 14.6. The summed E-state index contributed by atoms with van der Waals surface area (Å²) in [7, 11) is 1.49. The van der Waals surface area contributed by atoms with Crippen molar-refractivity contribution >= 4 is 17.4 Å². The van der Waals surface area contributed by atoms with Crippen molar-refractivity contribution < 1.29 is 22.7 Å². The molecule has 0 spiro atoms. The zero-order valence-corrected chi connectivity index (χ0v) is 17.3. The molecule has 0 aliphatic carbocycles. The van der Waals surface area contributed by atoms with Gasteiger partial charge in [-0.2, -0.15) is 18.4 Å². The minimum atomic E-state index is -4.62. The molecule has 1 aromatic carbocycles. The summed E-state index contributed by atoms with van der Waals surface area (Å²) in [6, 6.07) is 7.78. The number of amides is 2. The predicted molar refractivity (Wildman–Crippen MR) is 109 cm³/mol. The fraction of sp³-hybridized carbons (Fsp3) is 0.381. The molecule has 0 unspecified atom stereocenters. The molecule has 1 saturated heterocycles. The Kier molecular flexibility index (Phi) is 6.24. The third kappa shape index (κ3) is 4.82. The maximum Gasteiger partial charge on any atom is 0.417 e. The average Bonchev–Trinajstić information content (AvgIpc) is 2.74. The van der Waals surface area contributed by atoms with Gasteiger partial charge in [-0.1, -0.05) is 0 Å². The normalized spacial score (nSPS) is 19.0. The van der Waals surface area contributed by atoms with Gasteiger partial charge in [-0.05, 0) is 38.1 Å². The van der Waals surface area contributed by atoms with Gasteiger partial charge in [0.25, 0.3) is 0 Å². The van der Waals surface area contributed by atoms with E-state index in [1.54, 1.807) is 23.1 Å².